The lowest BCUT2D eigenvalue weighted by atomic mass is 10.2. The third kappa shape index (κ3) is 1.89. The van der Waals surface area contributed by atoms with Gasteiger partial charge in [-0.25, -0.2) is 4.98 Å². The third-order valence-corrected chi connectivity index (χ3v) is 2.26. The summed E-state index contributed by atoms with van der Waals surface area (Å²) in [5, 5.41) is 14.2. The van der Waals surface area contributed by atoms with Crippen molar-refractivity contribution in [2.45, 2.75) is 13.1 Å². The molecule has 0 aromatic carbocycles. The van der Waals surface area contributed by atoms with E-state index < -0.39 is 6.17 Å². The minimum absolute atomic E-state index is 0.349. The lowest BCUT2D eigenvalue weighted by Crippen LogP contribution is -2.11. The van der Waals surface area contributed by atoms with E-state index in [-0.39, 0.29) is 0 Å². The number of nitroso groups, excluding NO2 is 1. The fourth-order valence-electron chi connectivity index (χ4n) is 1.25. The Kier molecular flexibility index (Phi) is 2.86. The average molecular weight is 239 g/mol. The minimum Gasteiger partial charge on any atom is -0.244 e. The van der Waals surface area contributed by atoms with Gasteiger partial charge in [0.05, 0.1) is 0 Å². The van der Waals surface area contributed by atoms with E-state index in [9.17, 15) is 4.91 Å². The van der Waals surface area contributed by atoms with Gasteiger partial charge in [-0.3, -0.25) is 0 Å². The van der Waals surface area contributed by atoms with E-state index >= 15 is 0 Å². The molecule has 0 aliphatic rings. The first kappa shape index (κ1) is 10.6. The van der Waals surface area contributed by atoms with Crippen LogP contribution in [0.1, 0.15) is 17.6 Å². The van der Waals surface area contributed by atoms with Crippen LogP contribution in [0.4, 0.5) is 0 Å². The van der Waals surface area contributed by atoms with Crippen LogP contribution in [0.5, 0.6) is 0 Å². The van der Waals surface area contributed by atoms with Crippen LogP contribution in [0.2, 0.25) is 5.15 Å². The second-order valence-corrected chi connectivity index (χ2v) is 3.45. The summed E-state index contributed by atoms with van der Waals surface area (Å²) in [7, 11) is 0. The third-order valence-electron chi connectivity index (χ3n) is 2.04. The smallest absolute Gasteiger partial charge is 0.213 e. The van der Waals surface area contributed by atoms with Gasteiger partial charge in [0.15, 0.2) is 5.82 Å². The fourth-order valence-corrected chi connectivity index (χ4v) is 1.36. The number of pyridine rings is 1. The molecule has 2 heterocycles. The van der Waals surface area contributed by atoms with Gasteiger partial charge in [0.2, 0.25) is 6.17 Å². The Morgan fingerprint density at radius 1 is 1.50 bits per heavy atom. The van der Waals surface area contributed by atoms with E-state index in [0.717, 1.165) is 0 Å². The van der Waals surface area contributed by atoms with Gasteiger partial charge in [-0.1, -0.05) is 17.7 Å². The highest BCUT2D eigenvalue weighted by atomic mass is 35.5. The molecule has 8 heteroatoms. The van der Waals surface area contributed by atoms with Crippen LogP contribution in [0.25, 0.3) is 0 Å². The number of hydrogen-bond donors (Lipinski definition) is 0. The molecule has 0 aliphatic carbocycles. The van der Waals surface area contributed by atoms with Gasteiger partial charge in [0, 0.05) is 11.8 Å². The van der Waals surface area contributed by atoms with Crippen molar-refractivity contribution in [2.75, 3.05) is 0 Å². The Bertz CT molecular complexity index is 495. The molecule has 2 aromatic rings. The second-order valence-electron chi connectivity index (χ2n) is 3.06. The molecule has 0 spiro atoms. The van der Waals surface area contributed by atoms with E-state index in [1.165, 1.54) is 10.9 Å². The summed E-state index contributed by atoms with van der Waals surface area (Å²) in [5.74, 6) is 0.500. The Morgan fingerprint density at radius 3 is 2.81 bits per heavy atom. The molecule has 0 N–H and O–H groups in total. The molecule has 0 saturated carbocycles. The maximum Gasteiger partial charge on any atom is 0.213 e. The molecular weight excluding hydrogens is 232 g/mol. The largest absolute Gasteiger partial charge is 0.244 e. The van der Waals surface area contributed by atoms with Crippen molar-refractivity contribution in [2.24, 2.45) is 5.18 Å². The first-order chi connectivity index (χ1) is 7.72. The van der Waals surface area contributed by atoms with Crippen molar-refractivity contribution < 1.29 is 0 Å². The van der Waals surface area contributed by atoms with E-state index in [0.29, 0.717) is 16.5 Å². The molecule has 1 unspecified atom stereocenters. The molecule has 0 aliphatic heterocycles. The first-order valence-corrected chi connectivity index (χ1v) is 4.78. The van der Waals surface area contributed by atoms with Gasteiger partial charge < -0.3 is 0 Å². The van der Waals surface area contributed by atoms with E-state index in [1.54, 1.807) is 19.1 Å². The van der Waals surface area contributed by atoms with Crippen molar-refractivity contribution in [3.63, 3.8) is 0 Å². The Labute approximate surface area is 95.4 Å². The number of hydrogen-bond acceptors (Lipinski definition) is 6. The maximum atomic E-state index is 10.8. The summed E-state index contributed by atoms with van der Waals surface area (Å²) in [6, 6.07) is 3.23. The summed E-state index contributed by atoms with van der Waals surface area (Å²) < 4.78 is 1.32. The highest BCUT2D eigenvalue weighted by molar-refractivity contribution is 6.29. The van der Waals surface area contributed by atoms with E-state index in [4.69, 9.17) is 11.6 Å². The van der Waals surface area contributed by atoms with Crippen LogP contribution in [0.3, 0.4) is 0 Å². The Morgan fingerprint density at radius 2 is 2.31 bits per heavy atom. The summed E-state index contributed by atoms with van der Waals surface area (Å²) in [5.41, 5.74) is 0.579. The topological polar surface area (TPSA) is 85.9 Å². The molecule has 0 saturated heterocycles. The van der Waals surface area contributed by atoms with Crippen molar-refractivity contribution in [3.05, 3.63) is 39.8 Å². The molecule has 82 valence electrons. The van der Waals surface area contributed by atoms with Crippen LogP contribution < -0.4 is 0 Å². The molecule has 2 aromatic heterocycles. The minimum atomic E-state index is -0.820. The number of rotatable bonds is 3. The summed E-state index contributed by atoms with van der Waals surface area (Å²) in [6.45, 7) is 1.68. The maximum absolute atomic E-state index is 10.8. The van der Waals surface area contributed by atoms with Crippen LogP contribution >= 0.6 is 11.6 Å². The molecule has 7 nitrogen and oxygen atoms in total. The normalized spacial score (nSPS) is 12.4. The lowest BCUT2D eigenvalue weighted by molar-refractivity contribution is 0.509. The molecule has 0 radical (unpaired) electrons. The van der Waals surface area contributed by atoms with Gasteiger partial charge >= 0.3 is 0 Å². The van der Waals surface area contributed by atoms with Gasteiger partial charge in [-0.05, 0) is 28.6 Å². The fraction of sp³-hybridized carbons (Fsp3) is 0.250. The monoisotopic (exact) mass is 238 g/mol. The molecule has 0 bridgehead atoms. The van der Waals surface area contributed by atoms with Crippen LogP contribution in [-0.4, -0.2) is 25.2 Å². The standard InChI is InChI=1S/C8H7ClN6O/c1-5-11-13-14-15(5)8(12-16)6-2-3-7(9)10-4-6/h2-4,8H,1H3. The molecule has 1 atom stereocenters. The quantitative estimate of drug-likeness (QED) is 0.595. The van der Waals surface area contributed by atoms with E-state index in [2.05, 4.69) is 25.7 Å². The van der Waals surface area contributed by atoms with Crippen LogP contribution in [0.15, 0.2) is 23.5 Å². The average Bonchev–Trinajstić information content (AvgIpc) is 2.69. The van der Waals surface area contributed by atoms with Gasteiger partial charge in [0.1, 0.15) is 5.15 Å². The van der Waals surface area contributed by atoms with Gasteiger partial charge in [-0.15, -0.1) is 10.0 Å². The summed E-state index contributed by atoms with van der Waals surface area (Å²) in [4.78, 5) is 14.7. The first-order valence-electron chi connectivity index (χ1n) is 4.41. The molecule has 16 heavy (non-hydrogen) atoms. The van der Waals surface area contributed by atoms with Crippen LogP contribution in [-0.2, 0) is 0 Å². The van der Waals surface area contributed by atoms with Crippen molar-refractivity contribution in [1.82, 2.24) is 25.2 Å². The molecular formula is C8H7ClN6O. The molecule has 0 fully saturated rings. The SMILES string of the molecule is Cc1nnnn1C(N=O)c1ccc(Cl)nc1. The zero-order valence-electron chi connectivity index (χ0n) is 8.28. The predicted octanol–water partition coefficient (Wildman–Crippen LogP) is 1.34. The van der Waals surface area contributed by atoms with E-state index in [1.807, 2.05) is 0 Å². The number of tetrazole rings is 1. The molecule has 2 rings (SSSR count). The van der Waals surface area contributed by atoms with Crippen LogP contribution in [0, 0.1) is 11.8 Å². The lowest BCUT2D eigenvalue weighted by Gasteiger charge is -2.09. The number of halogens is 1. The van der Waals surface area contributed by atoms with Crippen molar-refractivity contribution >= 4 is 11.6 Å². The van der Waals surface area contributed by atoms with Gasteiger partial charge in [0.25, 0.3) is 0 Å². The zero-order valence-corrected chi connectivity index (χ0v) is 9.03. The van der Waals surface area contributed by atoms with Gasteiger partial charge in [-0.2, -0.15) is 4.68 Å². The molecule has 0 amide bonds. The van der Waals surface area contributed by atoms with Crippen molar-refractivity contribution in [1.29, 1.82) is 0 Å². The highest BCUT2D eigenvalue weighted by Crippen LogP contribution is 2.19. The number of aromatic nitrogens is 5. The van der Waals surface area contributed by atoms with Crippen molar-refractivity contribution in [3.8, 4) is 0 Å². The number of nitrogens with zero attached hydrogens (tertiary/aromatic N) is 6. The summed E-state index contributed by atoms with van der Waals surface area (Å²) in [6.07, 6.45) is 0.648. The highest BCUT2D eigenvalue weighted by Gasteiger charge is 2.18. The Balaban J connectivity index is 2.40. The number of aryl methyl sites for hydroxylation is 1. The summed E-state index contributed by atoms with van der Waals surface area (Å²) >= 11 is 5.65. The predicted molar refractivity (Wildman–Crippen MR) is 55.7 cm³/mol. The Hall–Kier alpha value is -1.89. The second kappa shape index (κ2) is 4.31. The zero-order chi connectivity index (χ0) is 11.5.